The standard InChI is InChI=1S/C61H86F2N4O14/c1-37(2)33-47-56(73)78-38(3)51(68)64(9)46(21-26-59(5,6)62)55(72)81-50(35-41-15-19-43(20-16-41)45-24-31-77-32-25-45)54(71)67(12)61(27-28-61)58(75)79-39(4)52(69)66(11)48(36-60(7,8)63)57(74)80-49(53(70)65(47)10)34-40-13-17-42(18-14-40)44-22-29-76-30-23-44/h13-20,37-39,44-50H,21-36H2,1-12H3/t38-,39-,46+,47+,48+,49-,50-/m1/s1. The molecule has 7 atom stereocenters. The predicted molar refractivity (Wildman–Crippen MR) is 295 cm³/mol. The smallest absolute Gasteiger partial charge is 0.332 e. The quantitative estimate of drug-likeness (QED) is 0.144. The van der Waals surface area contributed by atoms with Crippen LogP contribution in [0.1, 0.15) is 154 Å². The minimum Gasteiger partial charge on any atom is -0.451 e. The zero-order valence-electron chi connectivity index (χ0n) is 49.5. The molecule has 81 heavy (non-hydrogen) atoms. The van der Waals surface area contributed by atoms with Crippen LogP contribution in [-0.4, -0.2) is 181 Å². The number of halogens is 2. The lowest BCUT2D eigenvalue weighted by atomic mass is 9.90. The molecule has 0 unspecified atom stereocenters. The number of likely N-dealkylation sites (N-methyl/N-ethyl adjacent to an activating group) is 4. The number of benzene rings is 2. The highest BCUT2D eigenvalue weighted by Gasteiger charge is 2.58. The van der Waals surface area contributed by atoms with Gasteiger partial charge in [0.1, 0.15) is 35.0 Å². The lowest BCUT2D eigenvalue weighted by Gasteiger charge is -2.35. The molecule has 18 nitrogen and oxygen atoms in total. The molecule has 4 amide bonds. The summed E-state index contributed by atoms with van der Waals surface area (Å²) < 4.78 is 66.1. The van der Waals surface area contributed by atoms with E-state index in [4.69, 9.17) is 28.4 Å². The Balaban J connectivity index is 1.40. The van der Waals surface area contributed by atoms with Crippen LogP contribution in [0.25, 0.3) is 0 Å². The first kappa shape index (κ1) is 64.2. The average molecular weight is 1140 g/mol. The molecule has 3 aliphatic heterocycles. The highest BCUT2D eigenvalue weighted by atomic mass is 19.1. The maximum Gasteiger partial charge on any atom is 0.332 e. The Morgan fingerprint density at radius 2 is 0.951 bits per heavy atom. The zero-order valence-corrected chi connectivity index (χ0v) is 49.5. The van der Waals surface area contributed by atoms with Gasteiger partial charge in [0.2, 0.25) is 0 Å². The van der Waals surface area contributed by atoms with Crippen molar-refractivity contribution in [3.05, 3.63) is 70.8 Å². The van der Waals surface area contributed by atoms with Gasteiger partial charge < -0.3 is 48.0 Å². The molecule has 0 aromatic heterocycles. The molecule has 2 aromatic rings. The predicted octanol–water partition coefficient (Wildman–Crippen LogP) is 7.15. The van der Waals surface area contributed by atoms with Crippen molar-refractivity contribution in [3.8, 4) is 0 Å². The minimum atomic E-state index is -2.09. The first-order valence-electron chi connectivity index (χ1n) is 28.6. The van der Waals surface area contributed by atoms with Crippen LogP contribution in [0.2, 0.25) is 0 Å². The molecular weight excluding hydrogens is 1050 g/mol. The van der Waals surface area contributed by atoms with Crippen LogP contribution in [0.15, 0.2) is 48.5 Å². The summed E-state index contributed by atoms with van der Waals surface area (Å²) in [6.07, 6.45) is -4.51. The fraction of sp³-hybridized carbons (Fsp3) is 0.672. The fourth-order valence-electron chi connectivity index (χ4n) is 10.9. The third-order valence-corrected chi connectivity index (χ3v) is 16.3. The van der Waals surface area contributed by atoms with Crippen LogP contribution >= 0.6 is 0 Å². The number of nitrogens with zero attached hydrogens (tertiary/aromatic N) is 4. The molecule has 6 rings (SSSR count). The molecule has 1 spiro atoms. The first-order chi connectivity index (χ1) is 38.0. The second kappa shape index (κ2) is 27.4. The molecule has 448 valence electrons. The number of cyclic esters (lactones) is 4. The molecule has 1 saturated carbocycles. The van der Waals surface area contributed by atoms with Gasteiger partial charge in [-0.2, -0.15) is 0 Å². The number of ether oxygens (including phenoxy) is 6. The Morgan fingerprint density at radius 3 is 1.38 bits per heavy atom. The van der Waals surface area contributed by atoms with E-state index in [1.165, 1.54) is 69.7 Å². The normalized spacial score (nSPS) is 26.3. The molecule has 3 saturated heterocycles. The van der Waals surface area contributed by atoms with Gasteiger partial charge in [-0.1, -0.05) is 62.4 Å². The van der Waals surface area contributed by atoms with Crippen molar-refractivity contribution in [2.45, 2.75) is 204 Å². The van der Waals surface area contributed by atoms with Crippen LogP contribution in [-0.2, 0) is 79.6 Å². The van der Waals surface area contributed by atoms with Crippen molar-refractivity contribution in [1.29, 1.82) is 0 Å². The van der Waals surface area contributed by atoms with Crippen LogP contribution in [0.5, 0.6) is 0 Å². The molecule has 3 heterocycles. The third-order valence-electron chi connectivity index (χ3n) is 16.3. The van der Waals surface area contributed by atoms with Gasteiger partial charge in [-0.3, -0.25) is 19.2 Å². The second-order valence-electron chi connectivity index (χ2n) is 24.3. The lowest BCUT2D eigenvalue weighted by molar-refractivity contribution is -0.177. The SMILES string of the molecule is CC(C)C[C@H]1C(=O)O[C@H](C)C(=O)N(C)[C@@H](CCC(C)(C)F)C(=O)O[C@H](Cc2ccc(C3CCOCC3)cc2)C(=O)N(C)C2(CC2)C(=O)O[C@H](C)C(=O)N(C)[C@@H](CC(C)(C)F)C(=O)O[C@H](Cc2ccc(C3CCOCC3)cc2)C(=O)N1C. The van der Waals surface area contributed by atoms with E-state index in [-0.39, 0.29) is 62.7 Å². The number of hydrogen-bond acceptors (Lipinski definition) is 14. The summed E-state index contributed by atoms with van der Waals surface area (Å²) in [5, 5.41) is 0. The summed E-state index contributed by atoms with van der Waals surface area (Å²) in [5.74, 6) is -7.43. The molecule has 1 aliphatic carbocycles. The molecule has 20 heteroatoms. The Hall–Kier alpha value is -6.02. The van der Waals surface area contributed by atoms with Gasteiger partial charge in [-0.25, -0.2) is 28.0 Å². The monoisotopic (exact) mass is 1140 g/mol. The molecule has 0 N–H and O–H groups in total. The van der Waals surface area contributed by atoms with Crippen LogP contribution in [0.4, 0.5) is 8.78 Å². The number of carbonyl (C=O) groups is 8. The van der Waals surface area contributed by atoms with Gasteiger partial charge in [-0.05, 0) is 139 Å². The van der Waals surface area contributed by atoms with Gasteiger partial charge in [0.25, 0.3) is 23.6 Å². The first-order valence-corrected chi connectivity index (χ1v) is 28.6. The number of rotatable bonds is 13. The Morgan fingerprint density at radius 1 is 0.543 bits per heavy atom. The summed E-state index contributed by atoms with van der Waals surface area (Å²) in [4.78, 5) is 121. The van der Waals surface area contributed by atoms with Gasteiger partial charge >= 0.3 is 23.9 Å². The number of amides is 4. The average Bonchev–Trinajstić information content (AvgIpc) is 4.45. The fourth-order valence-corrected chi connectivity index (χ4v) is 10.9. The van der Waals surface area contributed by atoms with Crippen molar-refractivity contribution in [1.82, 2.24) is 19.6 Å². The van der Waals surface area contributed by atoms with Crippen LogP contribution in [0, 0.1) is 5.92 Å². The summed E-state index contributed by atoms with van der Waals surface area (Å²) in [6, 6.07) is 10.4. The zero-order chi connectivity index (χ0) is 59.7. The number of esters is 4. The Labute approximate surface area is 476 Å². The highest BCUT2D eigenvalue weighted by Crippen LogP contribution is 2.43. The van der Waals surface area contributed by atoms with Crippen LogP contribution < -0.4 is 0 Å². The van der Waals surface area contributed by atoms with Crippen molar-refractivity contribution >= 4 is 47.5 Å². The molecular formula is C61H86F2N4O14. The highest BCUT2D eigenvalue weighted by molar-refractivity contribution is 5.96. The summed E-state index contributed by atoms with van der Waals surface area (Å²) in [6.45, 7) is 13.7. The van der Waals surface area contributed by atoms with Gasteiger partial charge in [0.15, 0.2) is 24.4 Å². The van der Waals surface area contributed by atoms with E-state index in [2.05, 4.69) is 0 Å². The Kier molecular flexibility index (Phi) is 21.7. The minimum absolute atomic E-state index is 0.00868. The van der Waals surface area contributed by atoms with E-state index in [9.17, 15) is 38.4 Å². The largest absolute Gasteiger partial charge is 0.451 e. The molecule has 0 bridgehead atoms. The maximum absolute atomic E-state index is 15.8. The maximum atomic E-state index is 15.8. The third kappa shape index (κ3) is 17.0. The topological polar surface area (TPSA) is 205 Å². The molecule has 2 aromatic carbocycles. The molecule has 4 fully saturated rings. The Bertz CT molecular complexity index is 2530. The van der Waals surface area contributed by atoms with E-state index in [1.54, 1.807) is 26.0 Å². The van der Waals surface area contributed by atoms with Crippen molar-refractivity contribution in [3.63, 3.8) is 0 Å². The lowest BCUT2D eigenvalue weighted by Crippen LogP contribution is -2.55. The van der Waals surface area contributed by atoms with E-state index < -0.39 is 113 Å². The van der Waals surface area contributed by atoms with Crippen molar-refractivity contribution in [2.75, 3.05) is 54.6 Å². The number of alkyl halides is 2. The summed E-state index contributed by atoms with van der Waals surface area (Å²) >= 11 is 0. The van der Waals surface area contributed by atoms with E-state index in [0.717, 1.165) is 56.4 Å². The van der Waals surface area contributed by atoms with E-state index >= 15 is 8.78 Å². The molecule has 0 radical (unpaired) electrons. The summed E-state index contributed by atoms with van der Waals surface area (Å²) in [5.41, 5.74) is -2.28. The molecule has 4 aliphatic rings. The van der Waals surface area contributed by atoms with E-state index in [1.807, 2.05) is 36.4 Å². The second-order valence-corrected chi connectivity index (χ2v) is 24.3. The summed E-state index contributed by atoms with van der Waals surface area (Å²) in [7, 11) is 5.17. The number of hydrogen-bond donors (Lipinski definition) is 0. The van der Waals surface area contributed by atoms with E-state index in [0.29, 0.717) is 37.6 Å². The van der Waals surface area contributed by atoms with Crippen molar-refractivity contribution < 1.29 is 75.6 Å². The van der Waals surface area contributed by atoms with Gasteiger partial charge in [0, 0.05) is 73.9 Å². The van der Waals surface area contributed by atoms with Gasteiger partial charge in [0.05, 0.1) is 0 Å². The van der Waals surface area contributed by atoms with Crippen LogP contribution in [0.3, 0.4) is 0 Å². The van der Waals surface area contributed by atoms with Gasteiger partial charge in [-0.15, -0.1) is 0 Å². The number of carbonyl (C=O) groups excluding carboxylic acids is 8. The van der Waals surface area contributed by atoms with Crippen molar-refractivity contribution in [2.24, 2.45) is 5.92 Å².